The van der Waals surface area contributed by atoms with E-state index in [0.29, 0.717) is 0 Å². The highest BCUT2D eigenvalue weighted by atomic mass is 15.1. The van der Waals surface area contributed by atoms with Crippen molar-refractivity contribution in [2.75, 3.05) is 26.2 Å². The molecular formula is C16H24N4. The third-order valence-corrected chi connectivity index (χ3v) is 4.19. The number of piperidine rings is 1. The fraction of sp³-hybridized carbons (Fsp3) is 0.562. The van der Waals surface area contributed by atoms with E-state index >= 15 is 0 Å². The lowest BCUT2D eigenvalue weighted by molar-refractivity contribution is 0.358. The summed E-state index contributed by atoms with van der Waals surface area (Å²) in [5, 5.41) is 7.06. The summed E-state index contributed by atoms with van der Waals surface area (Å²) < 4.78 is 2.31. The lowest BCUT2D eigenvalue weighted by atomic mass is 10.00. The number of imidazole rings is 1. The van der Waals surface area contributed by atoms with Crippen LogP contribution in [0.3, 0.4) is 0 Å². The average Bonchev–Trinajstić information content (AvgIpc) is 2.80. The zero-order valence-electron chi connectivity index (χ0n) is 12.2. The van der Waals surface area contributed by atoms with E-state index in [1.807, 2.05) is 6.07 Å². The Hall–Kier alpha value is -1.39. The van der Waals surface area contributed by atoms with Gasteiger partial charge in [-0.25, -0.2) is 4.98 Å². The van der Waals surface area contributed by atoms with E-state index in [2.05, 4.69) is 45.3 Å². The lowest BCUT2D eigenvalue weighted by Gasteiger charge is -2.23. The molecule has 2 N–H and O–H groups in total. The van der Waals surface area contributed by atoms with Crippen LogP contribution in [0.1, 0.15) is 18.7 Å². The Balaban J connectivity index is 1.53. The second-order valence-corrected chi connectivity index (χ2v) is 5.72. The molecule has 0 amide bonds. The quantitative estimate of drug-likeness (QED) is 0.817. The van der Waals surface area contributed by atoms with Crippen LogP contribution in [-0.4, -0.2) is 35.7 Å². The molecule has 1 aromatic carbocycles. The van der Waals surface area contributed by atoms with Crippen LogP contribution in [0, 0.1) is 12.8 Å². The van der Waals surface area contributed by atoms with Gasteiger partial charge in [0.05, 0.1) is 11.0 Å². The van der Waals surface area contributed by atoms with Crippen molar-refractivity contribution >= 4 is 11.0 Å². The summed E-state index contributed by atoms with van der Waals surface area (Å²) in [6, 6.07) is 8.37. The van der Waals surface area contributed by atoms with Crippen LogP contribution in [0.15, 0.2) is 24.3 Å². The molecule has 0 spiro atoms. The van der Waals surface area contributed by atoms with Gasteiger partial charge in [-0.05, 0) is 57.5 Å². The highest BCUT2D eigenvalue weighted by Gasteiger charge is 2.12. The standard InChI is InChI=1S/C16H24N4/c1-13-19-15-6-2-3-7-16(15)20(13)10-9-18-12-14-5-4-8-17-11-14/h2-3,6-7,14,17-18H,4-5,8-12H2,1H3. The van der Waals surface area contributed by atoms with Gasteiger partial charge in [-0.1, -0.05) is 12.1 Å². The van der Waals surface area contributed by atoms with Gasteiger partial charge in [-0.15, -0.1) is 0 Å². The van der Waals surface area contributed by atoms with Gasteiger partial charge in [-0.2, -0.15) is 0 Å². The Morgan fingerprint density at radius 2 is 2.30 bits per heavy atom. The molecule has 1 fully saturated rings. The molecule has 3 rings (SSSR count). The monoisotopic (exact) mass is 272 g/mol. The highest BCUT2D eigenvalue weighted by molar-refractivity contribution is 5.75. The van der Waals surface area contributed by atoms with Gasteiger partial charge >= 0.3 is 0 Å². The molecule has 4 heteroatoms. The first-order valence-corrected chi connectivity index (χ1v) is 7.68. The highest BCUT2D eigenvalue weighted by Crippen LogP contribution is 2.15. The van der Waals surface area contributed by atoms with Crippen LogP contribution in [-0.2, 0) is 6.54 Å². The molecule has 2 heterocycles. The zero-order chi connectivity index (χ0) is 13.8. The van der Waals surface area contributed by atoms with Crippen molar-refractivity contribution in [2.45, 2.75) is 26.3 Å². The molecule has 1 aliphatic rings. The first-order chi connectivity index (χ1) is 9.84. The van der Waals surface area contributed by atoms with Gasteiger partial charge in [-0.3, -0.25) is 0 Å². The van der Waals surface area contributed by atoms with E-state index in [9.17, 15) is 0 Å². The fourth-order valence-electron chi connectivity index (χ4n) is 3.07. The molecular weight excluding hydrogens is 248 g/mol. The summed E-state index contributed by atoms with van der Waals surface area (Å²) in [7, 11) is 0. The van der Waals surface area contributed by atoms with Crippen LogP contribution in [0.2, 0.25) is 0 Å². The van der Waals surface area contributed by atoms with E-state index in [0.717, 1.165) is 36.9 Å². The molecule has 1 aromatic heterocycles. The van der Waals surface area contributed by atoms with Crippen LogP contribution in [0.4, 0.5) is 0 Å². The third kappa shape index (κ3) is 3.02. The van der Waals surface area contributed by atoms with Gasteiger partial charge in [0.25, 0.3) is 0 Å². The minimum Gasteiger partial charge on any atom is -0.327 e. The minimum absolute atomic E-state index is 0.796. The number of rotatable bonds is 5. The molecule has 1 saturated heterocycles. The van der Waals surface area contributed by atoms with Crippen molar-refractivity contribution in [1.29, 1.82) is 0 Å². The number of fused-ring (bicyclic) bond motifs is 1. The molecule has 4 nitrogen and oxygen atoms in total. The molecule has 0 bridgehead atoms. The Morgan fingerprint density at radius 1 is 1.40 bits per heavy atom. The molecule has 20 heavy (non-hydrogen) atoms. The maximum atomic E-state index is 4.61. The van der Waals surface area contributed by atoms with E-state index in [4.69, 9.17) is 0 Å². The predicted octanol–water partition coefficient (Wildman–Crippen LogP) is 1.93. The molecule has 1 atom stereocenters. The first-order valence-electron chi connectivity index (χ1n) is 7.68. The lowest BCUT2D eigenvalue weighted by Crippen LogP contribution is -2.36. The second kappa shape index (κ2) is 6.37. The largest absolute Gasteiger partial charge is 0.327 e. The Kier molecular flexibility index (Phi) is 4.33. The Bertz CT molecular complexity index is 555. The molecule has 1 unspecified atom stereocenters. The molecule has 0 saturated carbocycles. The van der Waals surface area contributed by atoms with Gasteiger partial charge in [0.1, 0.15) is 5.82 Å². The number of hydrogen-bond acceptors (Lipinski definition) is 3. The summed E-state index contributed by atoms with van der Waals surface area (Å²) >= 11 is 0. The van der Waals surface area contributed by atoms with Crippen LogP contribution < -0.4 is 10.6 Å². The van der Waals surface area contributed by atoms with Gasteiger partial charge < -0.3 is 15.2 Å². The maximum Gasteiger partial charge on any atom is 0.106 e. The van der Waals surface area contributed by atoms with Crippen molar-refractivity contribution in [3.05, 3.63) is 30.1 Å². The first kappa shape index (κ1) is 13.6. The summed E-state index contributed by atoms with van der Waals surface area (Å²) in [6.07, 6.45) is 2.67. The SMILES string of the molecule is Cc1nc2ccccc2n1CCNCC1CCCNC1. The number of aryl methyl sites for hydroxylation is 1. The summed E-state index contributed by atoms with van der Waals surface area (Å²) in [4.78, 5) is 4.61. The van der Waals surface area contributed by atoms with E-state index < -0.39 is 0 Å². The van der Waals surface area contributed by atoms with Crippen LogP contribution in [0.25, 0.3) is 11.0 Å². The number of nitrogens with zero attached hydrogens (tertiary/aromatic N) is 2. The molecule has 108 valence electrons. The van der Waals surface area contributed by atoms with Crippen LogP contribution >= 0.6 is 0 Å². The summed E-state index contributed by atoms with van der Waals surface area (Å²) in [5.74, 6) is 1.90. The molecule has 1 aliphatic heterocycles. The Labute approximate surface area is 120 Å². The molecule has 0 aliphatic carbocycles. The number of nitrogens with one attached hydrogen (secondary N) is 2. The van der Waals surface area contributed by atoms with Crippen molar-refractivity contribution in [3.8, 4) is 0 Å². The van der Waals surface area contributed by atoms with E-state index in [-0.39, 0.29) is 0 Å². The average molecular weight is 272 g/mol. The summed E-state index contributed by atoms with van der Waals surface area (Å²) in [6.45, 7) is 7.57. The Morgan fingerprint density at radius 3 is 3.15 bits per heavy atom. The number of aromatic nitrogens is 2. The maximum absolute atomic E-state index is 4.61. The smallest absolute Gasteiger partial charge is 0.106 e. The number of para-hydroxylation sites is 2. The fourth-order valence-corrected chi connectivity index (χ4v) is 3.07. The van der Waals surface area contributed by atoms with E-state index in [1.165, 1.54) is 31.4 Å². The van der Waals surface area contributed by atoms with Crippen LogP contribution in [0.5, 0.6) is 0 Å². The third-order valence-electron chi connectivity index (χ3n) is 4.19. The number of hydrogen-bond donors (Lipinski definition) is 2. The molecule has 0 radical (unpaired) electrons. The van der Waals surface area contributed by atoms with Gasteiger partial charge in [0.15, 0.2) is 0 Å². The van der Waals surface area contributed by atoms with Gasteiger partial charge in [0, 0.05) is 13.1 Å². The van der Waals surface area contributed by atoms with Gasteiger partial charge in [0.2, 0.25) is 0 Å². The van der Waals surface area contributed by atoms with Crippen molar-refractivity contribution < 1.29 is 0 Å². The van der Waals surface area contributed by atoms with Crippen molar-refractivity contribution in [1.82, 2.24) is 20.2 Å². The minimum atomic E-state index is 0.796. The second-order valence-electron chi connectivity index (χ2n) is 5.72. The van der Waals surface area contributed by atoms with E-state index in [1.54, 1.807) is 0 Å². The zero-order valence-corrected chi connectivity index (χ0v) is 12.2. The van der Waals surface area contributed by atoms with Crippen molar-refractivity contribution in [3.63, 3.8) is 0 Å². The van der Waals surface area contributed by atoms with Crippen molar-refractivity contribution in [2.24, 2.45) is 5.92 Å². The summed E-state index contributed by atoms with van der Waals surface area (Å²) in [5.41, 5.74) is 2.34. The molecule has 2 aromatic rings. The normalized spacial score (nSPS) is 19.6. The number of benzene rings is 1. The topological polar surface area (TPSA) is 41.9 Å². The predicted molar refractivity (Wildman–Crippen MR) is 82.9 cm³/mol.